The van der Waals surface area contributed by atoms with Crippen LogP contribution in [0.5, 0.6) is 0 Å². The lowest BCUT2D eigenvalue weighted by Gasteiger charge is -2.44. The first-order valence-electron chi connectivity index (χ1n) is 6.36. The van der Waals surface area contributed by atoms with Gasteiger partial charge >= 0.3 is 0 Å². The second-order valence-corrected chi connectivity index (χ2v) is 5.21. The molecular formula is C14H18FNO. The van der Waals surface area contributed by atoms with Gasteiger partial charge in [0.1, 0.15) is 11.4 Å². The zero-order chi connectivity index (χ0) is 11.9. The molecule has 1 heterocycles. The molecule has 3 heteroatoms. The highest BCUT2D eigenvalue weighted by molar-refractivity contribution is 5.36. The molecule has 0 aromatic heterocycles. The highest BCUT2D eigenvalue weighted by Gasteiger charge is 2.40. The Morgan fingerprint density at radius 3 is 3.12 bits per heavy atom. The van der Waals surface area contributed by atoms with Crippen molar-refractivity contribution < 1.29 is 9.13 Å². The van der Waals surface area contributed by atoms with E-state index in [1.165, 1.54) is 0 Å². The van der Waals surface area contributed by atoms with Crippen LogP contribution in [-0.4, -0.2) is 19.2 Å². The van der Waals surface area contributed by atoms with E-state index in [0.717, 1.165) is 36.9 Å². The predicted octanol–water partition coefficient (Wildman–Crippen LogP) is 2.37. The molecule has 0 radical (unpaired) electrons. The third kappa shape index (κ3) is 1.78. The van der Waals surface area contributed by atoms with Gasteiger partial charge in [0.2, 0.25) is 0 Å². The van der Waals surface area contributed by atoms with Crippen LogP contribution in [0.25, 0.3) is 0 Å². The Morgan fingerprint density at radius 2 is 2.35 bits per heavy atom. The van der Waals surface area contributed by atoms with Crippen LogP contribution in [0.3, 0.4) is 0 Å². The van der Waals surface area contributed by atoms with Gasteiger partial charge in [-0.15, -0.1) is 0 Å². The lowest BCUT2D eigenvalue weighted by molar-refractivity contribution is -0.0961. The van der Waals surface area contributed by atoms with Crippen LogP contribution in [0.2, 0.25) is 0 Å². The number of benzene rings is 1. The molecule has 2 atom stereocenters. The maximum absolute atomic E-state index is 13.8. The van der Waals surface area contributed by atoms with Gasteiger partial charge in [-0.3, -0.25) is 0 Å². The van der Waals surface area contributed by atoms with Crippen molar-refractivity contribution in [2.45, 2.75) is 37.8 Å². The van der Waals surface area contributed by atoms with Gasteiger partial charge in [-0.25, -0.2) is 4.39 Å². The molecule has 0 bridgehead atoms. The van der Waals surface area contributed by atoms with E-state index in [-0.39, 0.29) is 11.4 Å². The van der Waals surface area contributed by atoms with Crippen molar-refractivity contribution >= 4 is 0 Å². The van der Waals surface area contributed by atoms with Crippen LogP contribution in [-0.2, 0) is 16.8 Å². The van der Waals surface area contributed by atoms with Crippen LogP contribution >= 0.6 is 0 Å². The minimum Gasteiger partial charge on any atom is -0.367 e. The van der Waals surface area contributed by atoms with Gasteiger partial charge in [-0.1, -0.05) is 12.1 Å². The summed E-state index contributed by atoms with van der Waals surface area (Å²) >= 11 is 0. The lowest BCUT2D eigenvalue weighted by atomic mass is 9.78. The first-order chi connectivity index (χ1) is 8.21. The Kier molecular flexibility index (Phi) is 2.68. The summed E-state index contributed by atoms with van der Waals surface area (Å²) in [7, 11) is 0. The van der Waals surface area contributed by atoms with E-state index in [0.29, 0.717) is 12.6 Å². The predicted molar refractivity (Wildman–Crippen MR) is 64.4 cm³/mol. The monoisotopic (exact) mass is 235 g/mol. The minimum absolute atomic E-state index is 0.0798. The summed E-state index contributed by atoms with van der Waals surface area (Å²) < 4.78 is 19.9. The first-order valence-corrected chi connectivity index (χ1v) is 6.36. The zero-order valence-corrected chi connectivity index (χ0v) is 10.1. The van der Waals surface area contributed by atoms with E-state index < -0.39 is 0 Å². The SMILES string of the molecule is CC1COC2(CCCc3c(F)cccc32)CN1. The Bertz CT molecular complexity index is 424. The van der Waals surface area contributed by atoms with Crippen molar-refractivity contribution in [3.05, 3.63) is 35.1 Å². The fraction of sp³-hybridized carbons (Fsp3) is 0.571. The van der Waals surface area contributed by atoms with Crippen molar-refractivity contribution in [1.82, 2.24) is 5.32 Å². The molecule has 1 aromatic rings. The molecule has 2 aliphatic rings. The molecular weight excluding hydrogens is 217 g/mol. The maximum atomic E-state index is 13.8. The van der Waals surface area contributed by atoms with Crippen LogP contribution in [0.15, 0.2) is 18.2 Å². The average molecular weight is 235 g/mol. The van der Waals surface area contributed by atoms with Crippen molar-refractivity contribution in [1.29, 1.82) is 0 Å². The highest BCUT2D eigenvalue weighted by Crippen LogP contribution is 2.40. The molecule has 1 aliphatic carbocycles. The molecule has 92 valence electrons. The third-order valence-corrected chi connectivity index (χ3v) is 3.96. The van der Waals surface area contributed by atoms with Gasteiger partial charge < -0.3 is 10.1 Å². The second-order valence-electron chi connectivity index (χ2n) is 5.21. The lowest BCUT2D eigenvalue weighted by Crippen LogP contribution is -2.53. The van der Waals surface area contributed by atoms with Crippen LogP contribution in [0.1, 0.15) is 30.9 Å². The Balaban J connectivity index is 2.02. The fourth-order valence-electron chi connectivity index (χ4n) is 2.99. The van der Waals surface area contributed by atoms with E-state index in [2.05, 4.69) is 12.2 Å². The summed E-state index contributed by atoms with van der Waals surface area (Å²) in [5.74, 6) is -0.0798. The number of fused-ring (bicyclic) bond motifs is 2. The van der Waals surface area contributed by atoms with E-state index in [1.807, 2.05) is 6.07 Å². The zero-order valence-electron chi connectivity index (χ0n) is 10.1. The second kappa shape index (κ2) is 4.07. The number of halogens is 1. The molecule has 2 nitrogen and oxygen atoms in total. The van der Waals surface area contributed by atoms with E-state index >= 15 is 0 Å². The number of morpholine rings is 1. The number of hydrogen-bond acceptors (Lipinski definition) is 2. The number of rotatable bonds is 0. The summed E-state index contributed by atoms with van der Waals surface area (Å²) in [6.07, 6.45) is 2.83. The van der Waals surface area contributed by atoms with Crippen molar-refractivity contribution in [2.75, 3.05) is 13.2 Å². The van der Waals surface area contributed by atoms with Crippen molar-refractivity contribution in [3.63, 3.8) is 0 Å². The average Bonchev–Trinajstić information content (AvgIpc) is 2.35. The summed E-state index contributed by atoms with van der Waals surface area (Å²) in [5, 5.41) is 3.46. The van der Waals surface area contributed by atoms with Gasteiger partial charge in [0, 0.05) is 12.6 Å². The number of ether oxygens (including phenoxy) is 1. The molecule has 17 heavy (non-hydrogen) atoms. The van der Waals surface area contributed by atoms with Crippen LogP contribution in [0, 0.1) is 5.82 Å². The smallest absolute Gasteiger partial charge is 0.126 e. The van der Waals surface area contributed by atoms with Crippen LogP contribution < -0.4 is 5.32 Å². The molecule has 0 amide bonds. The van der Waals surface area contributed by atoms with E-state index in [9.17, 15) is 4.39 Å². The first kappa shape index (κ1) is 11.2. The van der Waals surface area contributed by atoms with Crippen LogP contribution in [0.4, 0.5) is 4.39 Å². The summed E-state index contributed by atoms with van der Waals surface area (Å²) in [6, 6.07) is 5.76. The molecule has 3 rings (SSSR count). The quantitative estimate of drug-likeness (QED) is 0.745. The molecule has 2 unspecified atom stereocenters. The van der Waals surface area contributed by atoms with Gasteiger partial charge in [-0.05, 0) is 43.4 Å². The Labute approximate surface area is 101 Å². The van der Waals surface area contributed by atoms with E-state index in [4.69, 9.17) is 4.74 Å². The fourth-order valence-corrected chi connectivity index (χ4v) is 2.99. The van der Waals surface area contributed by atoms with E-state index in [1.54, 1.807) is 12.1 Å². The minimum atomic E-state index is -0.289. The Hall–Kier alpha value is -0.930. The molecule has 1 aromatic carbocycles. The van der Waals surface area contributed by atoms with Crippen molar-refractivity contribution in [3.8, 4) is 0 Å². The molecule has 1 saturated heterocycles. The van der Waals surface area contributed by atoms with Gasteiger partial charge in [0.25, 0.3) is 0 Å². The summed E-state index contributed by atoms with van der Waals surface area (Å²) in [5.41, 5.74) is 1.63. The highest BCUT2D eigenvalue weighted by atomic mass is 19.1. The van der Waals surface area contributed by atoms with Crippen molar-refractivity contribution in [2.24, 2.45) is 0 Å². The summed E-state index contributed by atoms with van der Waals surface area (Å²) in [6.45, 7) is 3.61. The third-order valence-electron chi connectivity index (χ3n) is 3.96. The number of nitrogens with one attached hydrogen (secondary N) is 1. The maximum Gasteiger partial charge on any atom is 0.126 e. The molecule has 0 saturated carbocycles. The summed E-state index contributed by atoms with van der Waals surface area (Å²) in [4.78, 5) is 0. The number of hydrogen-bond donors (Lipinski definition) is 1. The molecule has 1 aliphatic heterocycles. The van der Waals surface area contributed by atoms with Gasteiger partial charge in [0.15, 0.2) is 0 Å². The normalized spacial score (nSPS) is 32.5. The Morgan fingerprint density at radius 1 is 1.47 bits per heavy atom. The standard InChI is InChI=1S/C14H18FNO/c1-10-8-17-14(9-16-10)7-3-4-11-12(14)5-2-6-13(11)15/h2,5-6,10,16H,3-4,7-9H2,1H3. The topological polar surface area (TPSA) is 21.3 Å². The molecule has 1 spiro atoms. The molecule has 1 N–H and O–H groups in total. The van der Waals surface area contributed by atoms with Gasteiger partial charge in [0.05, 0.1) is 6.61 Å². The molecule has 1 fully saturated rings. The largest absolute Gasteiger partial charge is 0.367 e. The van der Waals surface area contributed by atoms with Gasteiger partial charge in [-0.2, -0.15) is 0 Å².